The van der Waals surface area contributed by atoms with E-state index >= 15 is 0 Å². The molecule has 7 heteroatoms. The molecule has 0 radical (unpaired) electrons. The van der Waals surface area contributed by atoms with Gasteiger partial charge in [0.05, 0.1) is 18.7 Å². The summed E-state index contributed by atoms with van der Waals surface area (Å²) in [5.74, 6) is -0.358. The number of aryl methyl sites for hydroxylation is 1. The van der Waals surface area contributed by atoms with Crippen LogP contribution in [-0.2, 0) is 16.1 Å². The average Bonchev–Trinajstić information content (AvgIpc) is 2.96. The van der Waals surface area contributed by atoms with Crippen molar-refractivity contribution in [3.05, 3.63) is 34.8 Å². The van der Waals surface area contributed by atoms with Crippen LogP contribution in [0.1, 0.15) is 19.8 Å². The van der Waals surface area contributed by atoms with Gasteiger partial charge in [0.25, 0.3) is 0 Å². The summed E-state index contributed by atoms with van der Waals surface area (Å²) in [5.41, 5.74) is 1.35. The highest BCUT2D eigenvalue weighted by Crippen LogP contribution is 2.12. The van der Waals surface area contributed by atoms with Gasteiger partial charge in [0, 0.05) is 38.6 Å². The molecule has 1 atom stereocenters. The molecule has 7 nitrogen and oxygen atoms in total. The summed E-state index contributed by atoms with van der Waals surface area (Å²) in [6.07, 6.45) is 0.989. The van der Waals surface area contributed by atoms with Gasteiger partial charge in [-0.15, -0.1) is 0 Å². The quantitative estimate of drug-likeness (QED) is 0.815. The molecule has 1 saturated heterocycles. The third-order valence-electron chi connectivity index (χ3n) is 4.62. The smallest absolute Gasteiger partial charge is 0.408 e. The maximum Gasteiger partial charge on any atom is 0.419 e. The number of hydrogen-bond acceptors (Lipinski definition) is 5. The third kappa shape index (κ3) is 4.49. The van der Waals surface area contributed by atoms with Crippen LogP contribution in [0, 0.1) is 0 Å². The van der Waals surface area contributed by atoms with E-state index < -0.39 is 0 Å². The summed E-state index contributed by atoms with van der Waals surface area (Å²) < 4.78 is 12.1. The van der Waals surface area contributed by atoms with E-state index in [4.69, 9.17) is 9.15 Å². The fourth-order valence-electron chi connectivity index (χ4n) is 3.12. The first-order chi connectivity index (χ1) is 12.1. The van der Waals surface area contributed by atoms with Crippen LogP contribution in [0.4, 0.5) is 0 Å². The van der Waals surface area contributed by atoms with Crippen molar-refractivity contribution in [3.63, 3.8) is 0 Å². The van der Waals surface area contributed by atoms with Crippen molar-refractivity contribution < 1.29 is 13.9 Å². The summed E-state index contributed by atoms with van der Waals surface area (Å²) >= 11 is 0. The summed E-state index contributed by atoms with van der Waals surface area (Å²) in [5, 5.41) is 2.98. The molecule has 1 N–H and O–H groups in total. The SMILES string of the molecule is C[C@H](CNC(=O)CCCn1c(=O)oc2ccccc21)N1CCOCC1. The molecule has 3 rings (SSSR count). The van der Waals surface area contributed by atoms with Gasteiger partial charge >= 0.3 is 5.76 Å². The Hall–Kier alpha value is -2.12. The Kier molecular flexibility index (Phi) is 5.88. The molecule has 1 aromatic heterocycles. The minimum atomic E-state index is -0.373. The Labute approximate surface area is 146 Å². The zero-order valence-corrected chi connectivity index (χ0v) is 14.6. The molecule has 0 bridgehead atoms. The van der Waals surface area contributed by atoms with Crippen molar-refractivity contribution in [1.29, 1.82) is 0 Å². The zero-order chi connectivity index (χ0) is 17.6. The molecule has 136 valence electrons. The first-order valence-electron chi connectivity index (χ1n) is 8.82. The molecular formula is C18H25N3O4. The monoisotopic (exact) mass is 347 g/mol. The predicted molar refractivity (Wildman–Crippen MR) is 94.6 cm³/mol. The molecule has 2 heterocycles. The van der Waals surface area contributed by atoms with Gasteiger partial charge in [0.1, 0.15) is 0 Å². The number of nitrogens with one attached hydrogen (secondary N) is 1. The number of nitrogens with zero attached hydrogens (tertiary/aromatic N) is 2. The average molecular weight is 347 g/mol. The van der Waals surface area contributed by atoms with E-state index in [1.54, 1.807) is 10.6 Å². The Morgan fingerprint density at radius 1 is 1.28 bits per heavy atom. The molecule has 1 aliphatic rings. The Balaban J connectivity index is 1.43. The number of benzene rings is 1. The summed E-state index contributed by atoms with van der Waals surface area (Å²) in [7, 11) is 0. The lowest BCUT2D eigenvalue weighted by atomic mass is 10.2. The molecule has 25 heavy (non-hydrogen) atoms. The van der Waals surface area contributed by atoms with Gasteiger partial charge < -0.3 is 14.5 Å². The molecular weight excluding hydrogens is 322 g/mol. The minimum Gasteiger partial charge on any atom is -0.408 e. The van der Waals surface area contributed by atoms with E-state index in [1.807, 2.05) is 18.2 Å². The fourth-order valence-corrected chi connectivity index (χ4v) is 3.12. The van der Waals surface area contributed by atoms with Crippen LogP contribution in [0.2, 0.25) is 0 Å². The Morgan fingerprint density at radius 3 is 2.84 bits per heavy atom. The summed E-state index contributed by atoms with van der Waals surface area (Å²) in [6.45, 7) is 6.55. The maximum atomic E-state index is 12.0. The van der Waals surface area contributed by atoms with Gasteiger partial charge in [0.15, 0.2) is 5.58 Å². The van der Waals surface area contributed by atoms with Gasteiger partial charge in [0.2, 0.25) is 5.91 Å². The topological polar surface area (TPSA) is 76.7 Å². The number of oxazole rings is 1. The molecule has 0 aliphatic carbocycles. The van der Waals surface area contributed by atoms with Crippen LogP contribution < -0.4 is 11.1 Å². The van der Waals surface area contributed by atoms with E-state index in [0.29, 0.717) is 37.6 Å². The van der Waals surface area contributed by atoms with Gasteiger partial charge in [-0.2, -0.15) is 0 Å². The number of morpholine rings is 1. The van der Waals surface area contributed by atoms with Crippen LogP contribution in [-0.4, -0.2) is 54.3 Å². The van der Waals surface area contributed by atoms with Crippen molar-refractivity contribution in [2.75, 3.05) is 32.8 Å². The Morgan fingerprint density at radius 2 is 2.04 bits per heavy atom. The molecule has 1 amide bonds. The van der Waals surface area contributed by atoms with Crippen LogP contribution in [0.25, 0.3) is 11.1 Å². The number of ether oxygens (including phenoxy) is 1. The third-order valence-corrected chi connectivity index (χ3v) is 4.62. The van der Waals surface area contributed by atoms with Crippen LogP contribution >= 0.6 is 0 Å². The van der Waals surface area contributed by atoms with E-state index in [1.165, 1.54) is 0 Å². The number of aromatic nitrogens is 1. The number of amides is 1. The number of rotatable bonds is 7. The van der Waals surface area contributed by atoms with E-state index in [2.05, 4.69) is 17.1 Å². The molecule has 0 unspecified atom stereocenters. The number of hydrogen-bond donors (Lipinski definition) is 1. The second-order valence-electron chi connectivity index (χ2n) is 6.39. The number of para-hydroxylation sites is 2. The minimum absolute atomic E-state index is 0.0148. The largest absolute Gasteiger partial charge is 0.419 e. The molecule has 0 saturated carbocycles. The Bertz CT molecular complexity index is 761. The van der Waals surface area contributed by atoms with Crippen molar-refractivity contribution in [2.45, 2.75) is 32.4 Å². The highest BCUT2D eigenvalue weighted by atomic mass is 16.5. The van der Waals surface area contributed by atoms with Gasteiger partial charge in [-0.05, 0) is 25.5 Å². The van der Waals surface area contributed by atoms with Crippen LogP contribution in [0.3, 0.4) is 0 Å². The van der Waals surface area contributed by atoms with Crippen molar-refractivity contribution >= 4 is 17.0 Å². The van der Waals surface area contributed by atoms with Gasteiger partial charge in [-0.25, -0.2) is 4.79 Å². The highest BCUT2D eigenvalue weighted by Gasteiger charge is 2.17. The number of fused-ring (bicyclic) bond motifs is 1. The molecule has 0 spiro atoms. The number of carbonyl (C=O) groups is 1. The standard InChI is InChI=1S/C18H25N3O4/c1-14(20-9-11-24-12-10-20)13-19-17(22)7-4-8-21-15-5-2-3-6-16(15)25-18(21)23/h2-3,5-6,14H,4,7-13H2,1H3,(H,19,22)/t14-/m1/s1. The maximum absolute atomic E-state index is 12.0. The lowest BCUT2D eigenvalue weighted by Gasteiger charge is -2.32. The summed E-state index contributed by atoms with van der Waals surface area (Å²) in [4.78, 5) is 26.2. The normalized spacial score (nSPS) is 16.8. The van der Waals surface area contributed by atoms with Gasteiger partial charge in [-0.1, -0.05) is 12.1 Å². The lowest BCUT2D eigenvalue weighted by Crippen LogP contribution is -2.47. The molecule has 1 fully saturated rings. The zero-order valence-electron chi connectivity index (χ0n) is 14.6. The van der Waals surface area contributed by atoms with Crippen molar-refractivity contribution in [1.82, 2.24) is 14.8 Å². The first-order valence-corrected chi connectivity index (χ1v) is 8.82. The highest BCUT2D eigenvalue weighted by molar-refractivity contribution is 5.76. The van der Waals surface area contributed by atoms with E-state index in [-0.39, 0.29) is 11.7 Å². The van der Waals surface area contributed by atoms with E-state index in [9.17, 15) is 9.59 Å². The fraction of sp³-hybridized carbons (Fsp3) is 0.556. The number of carbonyl (C=O) groups excluding carboxylic acids is 1. The predicted octanol–water partition coefficient (Wildman–Crippen LogP) is 1.21. The second-order valence-corrected chi connectivity index (χ2v) is 6.39. The molecule has 2 aromatic rings. The first kappa shape index (κ1) is 17.7. The molecule has 1 aromatic carbocycles. The second kappa shape index (κ2) is 8.31. The van der Waals surface area contributed by atoms with Crippen molar-refractivity contribution in [3.8, 4) is 0 Å². The van der Waals surface area contributed by atoms with Crippen LogP contribution in [0.15, 0.2) is 33.5 Å². The van der Waals surface area contributed by atoms with Gasteiger partial charge in [-0.3, -0.25) is 14.3 Å². The summed E-state index contributed by atoms with van der Waals surface area (Å²) in [6, 6.07) is 7.62. The van der Waals surface area contributed by atoms with E-state index in [0.717, 1.165) is 31.8 Å². The lowest BCUT2D eigenvalue weighted by molar-refractivity contribution is -0.121. The van der Waals surface area contributed by atoms with Crippen LogP contribution in [0.5, 0.6) is 0 Å². The van der Waals surface area contributed by atoms with Crippen molar-refractivity contribution in [2.24, 2.45) is 0 Å². The molecule has 1 aliphatic heterocycles.